The fraction of sp³-hybridized carbons (Fsp3) is 0.625. The summed E-state index contributed by atoms with van der Waals surface area (Å²) in [5.74, 6) is -0.506. The maximum absolute atomic E-state index is 11.2. The van der Waals surface area contributed by atoms with Gasteiger partial charge in [-0.25, -0.2) is 0 Å². The Balaban J connectivity index is 2.82. The molecule has 0 aromatic heterocycles. The predicted molar refractivity (Wildman–Crippen MR) is 45.6 cm³/mol. The van der Waals surface area contributed by atoms with Gasteiger partial charge in [0.1, 0.15) is 18.0 Å². The first kappa shape index (κ1) is 9.83. The first-order valence-electron chi connectivity index (χ1n) is 3.91. The van der Waals surface area contributed by atoms with Gasteiger partial charge in [-0.1, -0.05) is 0 Å². The minimum Gasteiger partial charge on any atom is -0.310 e. The lowest BCUT2D eigenvalue weighted by molar-refractivity contribution is -0.129. The van der Waals surface area contributed by atoms with Crippen LogP contribution in [0.3, 0.4) is 0 Å². The molecule has 0 unspecified atom stereocenters. The van der Waals surface area contributed by atoms with Crippen LogP contribution in [0, 0.1) is 22.7 Å². The molecule has 0 radical (unpaired) electrons. The molecule has 0 N–H and O–H groups in total. The van der Waals surface area contributed by atoms with Gasteiger partial charge in [0.25, 0.3) is 0 Å². The number of rotatable bonds is 1. The third-order valence-electron chi connectivity index (χ3n) is 2.09. The van der Waals surface area contributed by atoms with Crippen molar-refractivity contribution in [3.63, 3.8) is 0 Å². The second kappa shape index (κ2) is 4.11. The molecule has 0 aromatic carbocycles. The van der Waals surface area contributed by atoms with Crippen LogP contribution in [-0.4, -0.2) is 28.8 Å². The molecule has 1 amide bonds. The quantitative estimate of drug-likeness (QED) is 0.579. The van der Waals surface area contributed by atoms with Crippen LogP contribution in [0.2, 0.25) is 0 Å². The summed E-state index contributed by atoms with van der Waals surface area (Å²) in [4.78, 5) is 12.5. The lowest BCUT2D eigenvalue weighted by Gasteiger charge is -2.21. The number of carbonyl (C=O) groups is 1. The van der Waals surface area contributed by atoms with Crippen molar-refractivity contribution in [1.29, 1.82) is 10.5 Å². The zero-order valence-corrected chi connectivity index (χ0v) is 7.66. The first-order valence-corrected chi connectivity index (χ1v) is 4.44. The van der Waals surface area contributed by atoms with E-state index in [4.69, 9.17) is 22.1 Å². The number of hydrogen-bond acceptors (Lipinski definition) is 3. The Labute approximate surface area is 81.3 Å². The fourth-order valence-corrected chi connectivity index (χ4v) is 1.62. The Morgan fingerprint density at radius 2 is 1.85 bits per heavy atom. The van der Waals surface area contributed by atoms with Crippen molar-refractivity contribution in [2.75, 3.05) is 5.88 Å². The molecule has 0 spiro atoms. The highest BCUT2D eigenvalue weighted by molar-refractivity contribution is 6.27. The zero-order valence-electron chi connectivity index (χ0n) is 6.90. The largest absolute Gasteiger partial charge is 0.310 e. The van der Waals surface area contributed by atoms with Crippen LogP contribution in [0.4, 0.5) is 0 Å². The van der Waals surface area contributed by atoms with Crippen LogP contribution in [0.1, 0.15) is 12.8 Å². The van der Waals surface area contributed by atoms with Crippen molar-refractivity contribution < 1.29 is 4.79 Å². The molecular formula is C8H8ClN3O. The summed E-state index contributed by atoms with van der Waals surface area (Å²) >= 11 is 5.37. The third kappa shape index (κ3) is 1.74. The van der Waals surface area contributed by atoms with Crippen molar-refractivity contribution in [2.24, 2.45) is 0 Å². The number of hydrogen-bond donors (Lipinski definition) is 0. The van der Waals surface area contributed by atoms with E-state index in [2.05, 4.69) is 0 Å². The first-order chi connectivity index (χ1) is 6.24. The molecule has 0 aromatic rings. The average molecular weight is 198 g/mol. The monoisotopic (exact) mass is 197 g/mol. The molecule has 13 heavy (non-hydrogen) atoms. The molecule has 1 fully saturated rings. The predicted octanol–water partition coefficient (Wildman–Crippen LogP) is 0.632. The van der Waals surface area contributed by atoms with E-state index in [1.54, 1.807) is 0 Å². The lowest BCUT2D eigenvalue weighted by atomic mass is 10.2. The summed E-state index contributed by atoms with van der Waals surface area (Å²) in [6.07, 6.45) is 1.13. The molecule has 1 rings (SSSR count). The van der Waals surface area contributed by atoms with Gasteiger partial charge in [-0.05, 0) is 12.8 Å². The van der Waals surface area contributed by atoms with Crippen LogP contribution >= 0.6 is 11.6 Å². The van der Waals surface area contributed by atoms with E-state index in [1.807, 2.05) is 12.1 Å². The number of carbonyl (C=O) groups excluding carboxylic acids is 1. The summed E-state index contributed by atoms with van der Waals surface area (Å²) < 4.78 is 0. The van der Waals surface area contributed by atoms with Gasteiger partial charge in [0.2, 0.25) is 5.91 Å². The molecule has 1 heterocycles. The Morgan fingerprint density at radius 1 is 1.38 bits per heavy atom. The van der Waals surface area contributed by atoms with Gasteiger partial charge in [0.05, 0.1) is 12.1 Å². The molecule has 1 aliphatic heterocycles. The fourth-order valence-electron chi connectivity index (χ4n) is 1.48. The second-order valence-corrected chi connectivity index (χ2v) is 3.07. The molecular weight excluding hydrogens is 190 g/mol. The summed E-state index contributed by atoms with van der Waals surface area (Å²) in [6, 6.07) is 3.03. The minimum absolute atomic E-state index is 0.170. The minimum atomic E-state index is -0.476. The summed E-state index contributed by atoms with van der Waals surface area (Å²) in [5, 5.41) is 17.4. The van der Waals surface area contributed by atoms with Crippen LogP contribution in [-0.2, 0) is 4.79 Å². The van der Waals surface area contributed by atoms with E-state index in [9.17, 15) is 4.79 Å². The van der Waals surface area contributed by atoms with Crippen molar-refractivity contribution in [3.05, 3.63) is 0 Å². The van der Waals surface area contributed by atoms with Crippen molar-refractivity contribution >= 4 is 17.5 Å². The maximum atomic E-state index is 11.2. The molecule has 68 valence electrons. The van der Waals surface area contributed by atoms with Crippen LogP contribution < -0.4 is 0 Å². The molecule has 1 saturated heterocycles. The number of amides is 1. The zero-order chi connectivity index (χ0) is 9.84. The van der Waals surface area contributed by atoms with E-state index in [1.165, 1.54) is 4.90 Å². The summed E-state index contributed by atoms with van der Waals surface area (Å²) in [5.41, 5.74) is 0. The highest BCUT2D eigenvalue weighted by atomic mass is 35.5. The highest BCUT2D eigenvalue weighted by Crippen LogP contribution is 2.23. The average Bonchev–Trinajstić information content (AvgIpc) is 2.59. The molecule has 0 aliphatic carbocycles. The Bertz CT molecular complexity index is 269. The van der Waals surface area contributed by atoms with Gasteiger partial charge in [-0.2, -0.15) is 10.5 Å². The Hall–Kier alpha value is -1.26. The van der Waals surface area contributed by atoms with Crippen LogP contribution in [0.5, 0.6) is 0 Å². The van der Waals surface area contributed by atoms with Crippen molar-refractivity contribution in [3.8, 4) is 12.1 Å². The number of likely N-dealkylation sites (tertiary alicyclic amines) is 1. The second-order valence-electron chi connectivity index (χ2n) is 2.80. The molecule has 5 heteroatoms. The van der Waals surface area contributed by atoms with Crippen molar-refractivity contribution in [1.82, 2.24) is 4.90 Å². The SMILES string of the molecule is N#C[C@@H]1CC[C@H](C#N)N1C(=O)CCl. The number of halogens is 1. The summed E-state index contributed by atoms with van der Waals surface area (Å²) in [6.45, 7) is 0. The maximum Gasteiger partial charge on any atom is 0.239 e. The van der Waals surface area contributed by atoms with E-state index < -0.39 is 12.1 Å². The van der Waals surface area contributed by atoms with Gasteiger partial charge in [0, 0.05) is 0 Å². The number of nitrogens with zero attached hydrogens (tertiary/aromatic N) is 3. The summed E-state index contributed by atoms with van der Waals surface area (Å²) in [7, 11) is 0. The van der Waals surface area contributed by atoms with Gasteiger partial charge >= 0.3 is 0 Å². The molecule has 4 nitrogen and oxygen atoms in total. The highest BCUT2D eigenvalue weighted by Gasteiger charge is 2.36. The van der Waals surface area contributed by atoms with Crippen molar-refractivity contribution in [2.45, 2.75) is 24.9 Å². The Kier molecular flexibility index (Phi) is 3.11. The Morgan fingerprint density at radius 3 is 2.15 bits per heavy atom. The molecule has 0 saturated carbocycles. The topological polar surface area (TPSA) is 67.9 Å². The standard InChI is InChI=1S/C8H8ClN3O/c9-3-8(13)12-6(4-10)1-2-7(12)5-11/h6-7H,1-3H2/t6-,7+. The molecule has 1 aliphatic rings. The van der Waals surface area contributed by atoms with Gasteiger partial charge in [-0.15, -0.1) is 11.6 Å². The normalized spacial score (nSPS) is 26.5. The van der Waals surface area contributed by atoms with Crippen LogP contribution in [0.25, 0.3) is 0 Å². The molecule has 0 bridgehead atoms. The van der Waals surface area contributed by atoms with Gasteiger partial charge < -0.3 is 4.90 Å². The van der Waals surface area contributed by atoms with E-state index in [0.717, 1.165) is 0 Å². The van der Waals surface area contributed by atoms with E-state index in [0.29, 0.717) is 12.8 Å². The van der Waals surface area contributed by atoms with Crippen LogP contribution in [0.15, 0.2) is 0 Å². The smallest absolute Gasteiger partial charge is 0.239 e. The third-order valence-corrected chi connectivity index (χ3v) is 2.31. The van der Waals surface area contributed by atoms with E-state index in [-0.39, 0.29) is 11.8 Å². The lowest BCUT2D eigenvalue weighted by Crippen LogP contribution is -2.40. The van der Waals surface area contributed by atoms with Gasteiger partial charge in [0.15, 0.2) is 0 Å². The number of nitriles is 2. The van der Waals surface area contributed by atoms with Gasteiger partial charge in [-0.3, -0.25) is 4.79 Å². The van der Waals surface area contributed by atoms with E-state index >= 15 is 0 Å². The number of alkyl halides is 1. The molecule has 2 atom stereocenters.